The number of carbonyl (C=O) groups is 1. The second-order valence-electron chi connectivity index (χ2n) is 5.75. The SMILES string of the molecule is CCCCc1oc(-c2ccc(C(F)(F)F)cc2)cc1/C=C/C(=O)OCC. The van der Waals surface area contributed by atoms with E-state index in [2.05, 4.69) is 0 Å². The minimum Gasteiger partial charge on any atom is -0.463 e. The van der Waals surface area contributed by atoms with Gasteiger partial charge in [-0.15, -0.1) is 0 Å². The number of carbonyl (C=O) groups excluding carboxylic acids is 1. The van der Waals surface area contributed by atoms with Gasteiger partial charge in [-0.1, -0.05) is 25.5 Å². The molecule has 0 N–H and O–H groups in total. The molecule has 6 heteroatoms. The van der Waals surface area contributed by atoms with Crippen LogP contribution >= 0.6 is 0 Å². The summed E-state index contributed by atoms with van der Waals surface area (Å²) in [6, 6.07) is 6.53. The summed E-state index contributed by atoms with van der Waals surface area (Å²) in [5, 5.41) is 0. The van der Waals surface area contributed by atoms with Crippen LogP contribution in [0.15, 0.2) is 40.8 Å². The Hall–Kier alpha value is -2.50. The second-order valence-corrected chi connectivity index (χ2v) is 5.75. The van der Waals surface area contributed by atoms with Gasteiger partial charge in [-0.25, -0.2) is 4.79 Å². The van der Waals surface area contributed by atoms with Crippen molar-refractivity contribution < 1.29 is 27.1 Å². The molecule has 0 fully saturated rings. The lowest BCUT2D eigenvalue weighted by Crippen LogP contribution is -2.03. The van der Waals surface area contributed by atoms with E-state index in [1.807, 2.05) is 6.92 Å². The largest absolute Gasteiger partial charge is 0.463 e. The number of unbranched alkanes of at least 4 members (excludes halogenated alkanes) is 1. The lowest BCUT2D eigenvalue weighted by atomic mass is 10.1. The van der Waals surface area contributed by atoms with Crippen LogP contribution in [-0.2, 0) is 22.1 Å². The zero-order valence-electron chi connectivity index (χ0n) is 14.7. The molecule has 0 atom stereocenters. The van der Waals surface area contributed by atoms with Gasteiger partial charge in [0, 0.05) is 23.6 Å². The fourth-order valence-corrected chi connectivity index (χ4v) is 2.43. The first kappa shape index (κ1) is 19.8. The van der Waals surface area contributed by atoms with Crippen LogP contribution in [0.25, 0.3) is 17.4 Å². The van der Waals surface area contributed by atoms with Gasteiger partial charge in [0.15, 0.2) is 0 Å². The highest BCUT2D eigenvalue weighted by atomic mass is 19.4. The molecule has 26 heavy (non-hydrogen) atoms. The zero-order valence-corrected chi connectivity index (χ0v) is 14.7. The summed E-state index contributed by atoms with van der Waals surface area (Å²) >= 11 is 0. The molecule has 0 aliphatic carbocycles. The van der Waals surface area contributed by atoms with E-state index >= 15 is 0 Å². The molecule has 0 spiro atoms. The van der Waals surface area contributed by atoms with Crippen LogP contribution in [0.1, 0.15) is 43.6 Å². The third kappa shape index (κ3) is 5.25. The van der Waals surface area contributed by atoms with Gasteiger partial charge in [0.05, 0.1) is 12.2 Å². The predicted octanol–water partition coefficient (Wildman–Crippen LogP) is 5.88. The summed E-state index contributed by atoms with van der Waals surface area (Å²) in [7, 11) is 0. The van der Waals surface area contributed by atoms with Crippen LogP contribution in [0.3, 0.4) is 0 Å². The van der Waals surface area contributed by atoms with E-state index in [1.54, 1.807) is 19.1 Å². The molecule has 0 bridgehead atoms. The molecule has 0 saturated heterocycles. The van der Waals surface area contributed by atoms with Crippen molar-refractivity contribution in [2.24, 2.45) is 0 Å². The molecule has 3 nitrogen and oxygen atoms in total. The molecule has 0 amide bonds. The quantitative estimate of drug-likeness (QED) is 0.453. The van der Waals surface area contributed by atoms with E-state index in [1.165, 1.54) is 18.2 Å². The number of esters is 1. The Morgan fingerprint density at radius 1 is 1.19 bits per heavy atom. The molecule has 0 aliphatic rings. The van der Waals surface area contributed by atoms with Gasteiger partial charge in [0.1, 0.15) is 11.5 Å². The molecule has 0 radical (unpaired) electrons. The van der Waals surface area contributed by atoms with Crippen LogP contribution < -0.4 is 0 Å². The van der Waals surface area contributed by atoms with Crippen LogP contribution in [0.4, 0.5) is 13.2 Å². The van der Waals surface area contributed by atoms with Gasteiger partial charge in [-0.05, 0) is 37.6 Å². The number of ether oxygens (including phenoxy) is 1. The van der Waals surface area contributed by atoms with E-state index in [0.29, 0.717) is 23.5 Å². The smallest absolute Gasteiger partial charge is 0.416 e. The molecular weight excluding hydrogens is 345 g/mol. The zero-order chi connectivity index (χ0) is 19.2. The average molecular weight is 366 g/mol. The molecule has 1 heterocycles. The van der Waals surface area contributed by atoms with Crippen molar-refractivity contribution in [1.29, 1.82) is 0 Å². The fraction of sp³-hybridized carbons (Fsp3) is 0.350. The van der Waals surface area contributed by atoms with E-state index in [4.69, 9.17) is 9.15 Å². The average Bonchev–Trinajstić information content (AvgIpc) is 3.01. The predicted molar refractivity (Wildman–Crippen MR) is 93.4 cm³/mol. The van der Waals surface area contributed by atoms with Gasteiger partial charge in [-0.2, -0.15) is 13.2 Å². The third-order valence-corrected chi connectivity index (χ3v) is 3.78. The van der Waals surface area contributed by atoms with E-state index in [-0.39, 0.29) is 6.61 Å². The summed E-state index contributed by atoms with van der Waals surface area (Å²) in [5.74, 6) is 0.710. The van der Waals surface area contributed by atoms with Crippen LogP contribution in [-0.4, -0.2) is 12.6 Å². The highest BCUT2D eigenvalue weighted by molar-refractivity contribution is 5.87. The molecule has 0 unspecified atom stereocenters. The van der Waals surface area contributed by atoms with Gasteiger partial charge in [-0.3, -0.25) is 0 Å². The molecule has 2 aromatic rings. The summed E-state index contributed by atoms with van der Waals surface area (Å²) < 4.78 is 48.8. The standard InChI is InChI=1S/C20H21F3O3/c1-3-5-6-17-15(9-12-19(24)25-4-2)13-18(26-17)14-7-10-16(11-8-14)20(21,22)23/h7-13H,3-6H2,1-2H3/b12-9+. The first-order valence-corrected chi connectivity index (χ1v) is 8.50. The van der Waals surface area contributed by atoms with E-state index in [9.17, 15) is 18.0 Å². The molecule has 0 saturated carbocycles. The molecule has 1 aromatic carbocycles. The molecule has 1 aromatic heterocycles. The Balaban J connectivity index is 2.30. The Morgan fingerprint density at radius 3 is 2.46 bits per heavy atom. The lowest BCUT2D eigenvalue weighted by molar-refractivity contribution is -0.138. The number of aryl methyl sites for hydroxylation is 1. The fourth-order valence-electron chi connectivity index (χ4n) is 2.43. The second kappa shape index (κ2) is 8.74. The summed E-state index contributed by atoms with van der Waals surface area (Å²) in [6.45, 7) is 4.06. The van der Waals surface area contributed by atoms with Crippen LogP contribution in [0.5, 0.6) is 0 Å². The van der Waals surface area contributed by atoms with Crippen molar-refractivity contribution in [2.45, 2.75) is 39.3 Å². The number of benzene rings is 1. The minimum absolute atomic E-state index is 0.286. The van der Waals surface area contributed by atoms with Gasteiger partial charge < -0.3 is 9.15 Å². The lowest BCUT2D eigenvalue weighted by Gasteiger charge is -2.06. The Labute approximate surface area is 150 Å². The van der Waals surface area contributed by atoms with E-state index < -0.39 is 17.7 Å². The maximum absolute atomic E-state index is 12.7. The number of hydrogen-bond donors (Lipinski definition) is 0. The topological polar surface area (TPSA) is 39.4 Å². The van der Waals surface area contributed by atoms with Crippen molar-refractivity contribution in [3.8, 4) is 11.3 Å². The maximum Gasteiger partial charge on any atom is 0.416 e. The van der Waals surface area contributed by atoms with Gasteiger partial charge in [0.2, 0.25) is 0 Å². The van der Waals surface area contributed by atoms with E-state index in [0.717, 1.165) is 30.5 Å². The van der Waals surface area contributed by atoms with Gasteiger partial charge >= 0.3 is 12.1 Å². The monoisotopic (exact) mass is 366 g/mol. The summed E-state index contributed by atoms with van der Waals surface area (Å²) in [4.78, 5) is 11.5. The van der Waals surface area contributed by atoms with Crippen molar-refractivity contribution >= 4 is 12.0 Å². The minimum atomic E-state index is -4.37. The normalized spacial score (nSPS) is 11.9. The Bertz CT molecular complexity index is 756. The number of alkyl halides is 3. The number of rotatable bonds is 7. The Kier molecular flexibility index (Phi) is 6.66. The summed E-state index contributed by atoms with van der Waals surface area (Å²) in [5.41, 5.74) is 0.564. The molecular formula is C20H21F3O3. The molecule has 140 valence electrons. The maximum atomic E-state index is 12.7. The van der Waals surface area contributed by atoms with Crippen LogP contribution in [0.2, 0.25) is 0 Å². The van der Waals surface area contributed by atoms with Crippen molar-refractivity contribution in [3.05, 3.63) is 53.3 Å². The number of furan rings is 1. The van der Waals surface area contributed by atoms with Crippen molar-refractivity contribution in [3.63, 3.8) is 0 Å². The third-order valence-electron chi connectivity index (χ3n) is 3.78. The molecule has 2 rings (SSSR count). The van der Waals surface area contributed by atoms with Crippen LogP contribution in [0, 0.1) is 0 Å². The van der Waals surface area contributed by atoms with Crippen molar-refractivity contribution in [1.82, 2.24) is 0 Å². The Morgan fingerprint density at radius 2 is 1.88 bits per heavy atom. The molecule has 0 aliphatic heterocycles. The number of halogens is 3. The highest BCUT2D eigenvalue weighted by Gasteiger charge is 2.30. The first-order chi connectivity index (χ1) is 12.3. The van der Waals surface area contributed by atoms with Crippen molar-refractivity contribution in [2.75, 3.05) is 6.61 Å². The van der Waals surface area contributed by atoms with Gasteiger partial charge in [0.25, 0.3) is 0 Å². The summed E-state index contributed by atoms with van der Waals surface area (Å²) in [6.07, 6.45) is 1.11. The number of hydrogen-bond acceptors (Lipinski definition) is 3. The first-order valence-electron chi connectivity index (χ1n) is 8.50. The highest BCUT2D eigenvalue weighted by Crippen LogP contribution is 2.32.